The van der Waals surface area contributed by atoms with Crippen LogP contribution in [0.15, 0.2) is 47.2 Å². The highest BCUT2D eigenvalue weighted by Gasteiger charge is 2.34. The normalized spacial score (nSPS) is 16.7. The summed E-state index contributed by atoms with van der Waals surface area (Å²) in [6, 6.07) is 11.3. The van der Waals surface area contributed by atoms with E-state index in [4.69, 9.17) is 10.8 Å². The fraction of sp³-hybridized carbons (Fsp3) is 0.273. The molecule has 4 rings (SSSR count). The molecule has 30 heavy (non-hydrogen) atoms. The van der Waals surface area contributed by atoms with Crippen LogP contribution in [0, 0.1) is 10.8 Å². The molecule has 8 heteroatoms. The Balaban J connectivity index is 1.47. The number of thiophene rings is 1. The number of aromatic nitrogens is 1. The maximum absolute atomic E-state index is 13.1. The van der Waals surface area contributed by atoms with Crippen molar-refractivity contribution in [3.8, 4) is 10.4 Å². The van der Waals surface area contributed by atoms with Crippen molar-refractivity contribution in [1.29, 1.82) is 10.8 Å². The molecular weight excluding hydrogens is 414 g/mol. The topological polar surface area (TPSA) is 84.1 Å². The van der Waals surface area contributed by atoms with Crippen LogP contribution in [-0.4, -0.2) is 51.5 Å². The summed E-state index contributed by atoms with van der Waals surface area (Å²) < 4.78 is 0. The van der Waals surface area contributed by atoms with Crippen LogP contribution >= 0.6 is 22.7 Å². The maximum atomic E-state index is 13.1. The molecule has 2 N–H and O–H groups in total. The number of thiazole rings is 1. The number of amides is 1. The maximum Gasteiger partial charge on any atom is 0.254 e. The third kappa shape index (κ3) is 3.80. The lowest BCUT2D eigenvalue weighted by Crippen LogP contribution is -2.58. The van der Waals surface area contributed by atoms with Crippen molar-refractivity contribution in [2.45, 2.75) is 26.3 Å². The minimum atomic E-state index is -0.409. The monoisotopic (exact) mass is 437 g/mol. The molecular formula is C22H23N5OS2. The molecule has 2 aromatic heterocycles. The Morgan fingerprint density at radius 1 is 1.20 bits per heavy atom. The average Bonchev–Trinajstić information content (AvgIpc) is 3.47. The predicted octanol–water partition coefficient (Wildman–Crippen LogP) is 4.58. The van der Waals surface area contributed by atoms with Gasteiger partial charge in [0.2, 0.25) is 0 Å². The van der Waals surface area contributed by atoms with Crippen LogP contribution in [0.1, 0.15) is 34.9 Å². The number of hydrogen-bond acceptors (Lipinski definition) is 6. The van der Waals surface area contributed by atoms with Gasteiger partial charge in [-0.15, -0.1) is 22.7 Å². The second kappa shape index (κ2) is 8.49. The molecule has 1 fully saturated rings. The molecule has 6 nitrogen and oxygen atoms in total. The van der Waals surface area contributed by atoms with Crippen molar-refractivity contribution >= 4 is 40.3 Å². The van der Waals surface area contributed by atoms with E-state index in [0.29, 0.717) is 24.3 Å². The number of benzene rings is 1. The third-order valence-electron chi connectivity index (χ3n) is 5.28. The van der Waals surface area contributed by atoms with Crippen molar-refractivity contribution in [1.82, 2.24) is 14.8 Å². The number of hydrogen-bond donors (Lipinski definition) is 2. The third-order valence-corrected chi connectivity index (χ3v) is 7.20. The summed E-state index contributed by atoms with van der Waals surface area (Å²) in [6.07, 6.45) is 0.833. The van der Waals surface area contributed by atoms with Crippen LogP contribution in [0.3, 0.4) is 0 Å². The highest BCUT2D eigenvalue weighted by Crippen LogP contribution is 2.25. The Hall–Kier alpha value is -2.84. The molecule has 1 atom stereocenters. The number of piperazine rings is 1. The molecule has 1 aromatic carbocycles. The van der Waals surface area contributed by atoms with Gasteiger partial charge in [-0.1, -0.05) is 25.1 Å². The van der Waals surface area contributed by atoms with E-state index in [9.17, 15) is 4.79 Å². The Kier molecular flexibility index (Phi) is 5.78. The zero-order valence-electron chi connectivity index (χ0n) is 16.9. The fourth-order valence-electron chi connectivity index (χ4n) is 3.51. The van der Waals surface area contributed by atoms with Crippen LogP contribution in [0.25, 0.3) is 10.4 Å². The number of nitrogens with one attached hydrogen (secondary N) is 2. The second-order valence-corrected chi connectivity index (χ2v) is 8.99. The Labute approximate surface area is 183 Å². The number of rotatable bonds is 4. The smallest absolute Gasteiger partial charge is 0.254 e. The first-order chi connectivity index (χ1) is 14.5. The van der Waals surface area contributed by atoms with Gasteiger partial charge in [0.05, 0.1) is 11.0 Å². The van der Waals surface area contributed by atoms with Crippen LogP contribution in [0.5, 0.6) is 0 Å². The molecule has 1 unspecified atom stereocenters. The molecule has 0 radical (unpaired) electrons. The summed E-state index contributed by atoms with van der Waals surface area (Å²) in [4.78, 5) is 22.1. The SMILES string of the molecule is CCc1nc(C(=N)N2CCN(C(=O)c3ccc(-c4cccs4)cc3)C(C)C2=N)cs1. The van der Waals surface area contributed by atoms with Gasteiger partial charge in [-0.2, -0.15) is 0 Å². The molecule has 1 amide bonds. The summed E-state index contributed by atoms with van der Waals surface area (Å²) in [5.41, 5.74) is 2.30. The zero-order chi connectivity index (χ0) is 21.3. The van der Waals surface area contributed by atoms with E-state index >= 15 is 0 Å². The van der Waals surface area contributed by atoms with Gasteiger partial charge in [-0.3, -0.25) is 15.6 Å². The van der Waals surface area contributed by atoms with E-state index in [0.717, 1.165) is 17.0 Å². The number of aryl methyl sites for hydroxylation is 1. The molecule has 0 saturated carbocycles. The first-order valence-corrected chi connectivity index (χ1v) is 11.6. The highest BCUT2D eigenvalue weighted by atomic mass is 32.1. The lowest BCUT2D eigenvalue weighted by molar-refractivity contribution is 0.0701. The molecule has 3 aromatic rings. The minimum Gasteiger partial charge on any atom is -0.327 e. The van der Waals surface area contributed by atoms with Crippen molar-refractivity contribution in [3.63, 3.8) is 0 Å². The Morgan fingerprint density at radius 2 is 1.97 bits per heavy atom. The number of amidine groups is 2. The van der Waals surface area contributed by atoms with E-state index in [1.165, 1.54) is 16.2 Å². The number of nitrogens with zero attached hydrogens (tertiary/aromatic N) is 3. The molecule has 3 heterocycles. The van der Waals surface area contributed by atoms with E-state index in [1.54, 1.807) is 21.1 Å². The van der Waals surface area contributed by atoms with E-state index < -0.39 is 6.04 Å². The van der Waals surface area contributed by atoms with E-state index in [-0.39, 0.29) is 17.6 Å². The summed E-state index contributed by atoms with van der Waals surface area (Å²) >= 11 is 3.20. The average molecular weight is 438 g/mol. The van der Waals surface area contributed by atoms with Gasteiger partial charge in [-0.25, -0.2) is 4.98 Å². The predicted molar refractivity (Wildman–Crippen MR) is 123 cm³/mol. The van der Waals surface area contributed by atoms with Gasteiger partial charge in [0, 0.05) is 28.9 Å². The molecule has 0 aliphatic carbocycles. The van der Waals surface area contributed by atoms with Gasteiger partial charge in [-0.05, 0) is 42.5 Å². The molecule has 1 saturated heterocycles. The van der Waals surface area contributed by atoms with Crippen molar-refractivity contribution in [2.24, 2.45) is 0 Å². The lowest BCUT2D eigenvalue weighted by atomic mass is 10.1. The molecule has 1 aliphatic rings. The van der Waals surface area contributed by atoms with Crippen molar-refractivity contribution in [3.05, 3.63) is 63.4 Å². The van der Waals surface area contributed by atoms with Gasteiger partial charge in [0.1, 0.15) is 11.5 Å². The molecule has 1 aliphatic heterocycles. The van der Waals surface area contributed by atoms with Crippen LogP contribution in [0.2, 0.25) is 0 Å². The Morgan fingerprint density at radius 3 is 2.60 bits per heavy atom. The zero-order valence-corrected chi connectivity index (χ0v) is 18.5. The minimum absolute atomic E-state index is 0.0851. The molecule has 154 valence electrons. The second-order valence-electron chi connectivity index (χ2n) is 7.09. The van der Waals surface area contributed by atoms with Gasteiger partial charge in [0.15, 0.2) is 5.84 Å². The van der Waals surface area contributed by atoms with Gasteiger partial charge < -0.3 is 9.80 Å². The number of carbonyl (C=O) groups excluding carboxylic acids is 1. The summed E-state index contributed by atoms with van der Waals surface area (Å²) in [7, 11) is 0. The van der Waals surface area contributed by atoms with Gasteiger partial charge in [0.25, 0.3) is 5.91 Å². The van der Waals surface area contributed by atoms with Crippen molar-refractivity contribution in [2.75, 3.05) is 13.1 Å². The van der Waals surface area contributed by atoms with Gasteiger partial charge >= 0.3 is 0 Å². The number of carbonyl (C=O) groups is 1. The summed E-state index contributed by atoms with van der Waals surface area (Å²) in [5.74, 6) is 0.397. The van der Waals surface area contributed by atoms with Crippen molar-refractivity contribution < 1.29 is 4.79 Å². The summed E-state index contributed by atoms with van der Waals surface area (Å²) in [5, 5.41) is 21.9. The highest BCUT2D eigenvalue weighted by molar-refractivity contribution is 7.13. The molecule has 0 spiro atoms. The van der Waals surface area contributed by atoms with E-state index in [2.05, 4.69) is 11.1 Å². The largest absolute Gasteiger partial charge is 0.327 e. The molecule has 0 bridgehead atoms. The first kappa shape index (κ1) is 20.4. The van der Waals surface area contributed by atoms with E-state index in [1.807, 2.05) is 54.9 Å². The first-order valence-electron chi connectivity index (χ1n) is 9.83. The van der Waals surface area contributed by atoms with Crippen LogP contribution < -0.4 is 0 Å². The fourth-order valence-corrected chi connectivity index (χ4v) is 4.97. The quantitative estimate of drug-likeness (QED) is 0.463. The van der Waals surface area contributed by atoms with Crippen LogP contribution in [0.4, 0.5) is 0 Å². The Bertz CT molecular complexity index is 1070. The van der Waals surface area contributed by atoms with Crippen LogP contribution in [-0.2, 0) is 6.42 Å². The lowest BCUT2D eigenvalue weighted by Gasteiger charge is -2.40. The summed E-state index contributed by atoms with van der Waals surface area (Å²) in [6.45, 7) is 4.76. The standard InChI is InChI=1S/C22H23N5OS2/c1-3-19-25-17(13-30-19)21(24)27-11-10-26(14(2)20(27)23)22(28)16-8-6-15(7-9-16)18-5-4-12-29-18/h4-9,12-14,23-24H,3,10-11H2,1-2H3.